The molecule has 1 atom stereocenters. The van der Waals surface area contributed by atoms with Gasteiger partial charge in [0.1, 0.15) is 0 Å². The number of carbonyl (C=O) groups excluding carboxylic acids is 1. The molecule has 1 aromatic heterocycles. The molecule has 1 aliphatic heterocycles. The average Bonchev–Trinajstić information content (AvgIpc) is 2.96. The highest BCUT2D eigenvalue weighted by Gasteiger charge is 2.26. The number of rotatable bonds is 3. The molecule has 6 heteroatoms. The van der Waals surface area contributed by atoms with Gasteiger partial charge in [-0.2, -0.15) is 0 Å². The summed E-state index contributed by atoms with van der Waals surface area (Å²) in [6, 6.07) is 5.67. The third-order valence-corrected chi connectivity index (χ3v) is 4.25. The first-order valence-electron chi connectivity index (χ1n) is 7.01. The molecule has 1 unspecified atom stereocenters. The number of aromatic amines is 1. The number of nitrogens with one attached hydrogen (secondary N) is 3. The number of halogens is 1. The van der Waals surface area contributed by atoms with Gasteiger partial charge in [0, 0.05) is 23.1 Å². The number of hydrogen-bond donors (Lipinski definition) is 3. The topological polar surface area (TPSA) is 69.8 Å². The summed E-state index contributed by atoms with van der Waals surface area (Å²) in [5.41, 5.74) is 4.03. The third kappa shape index (κ3) is 3.01. The number of aryl methyl sites for hydroxylation is 1. The van der Waals surface area contributed by atoms with Crippen LogP contribution in [0.3, 0.4) is 0 Å². The lowest BCUT2D eigenvalue weighted by Gasteiger charge is -2.23. The van der Waals surface area contributed by atoms with Gasteiger partial charge >= 0.3 is 0 Å². The van der Waals surface area contributed by atoms with Gasteiger partial charge in [0.05, 0.1) is 23.8 Å². The molecular formula is C15H17BrN4O. The first kappa shape index (κ1) is 14.3. The van der Waals surface area contributed by atoms with Crippen molar-refractivity contribution < 1.29 is 4.79 Å². The van der Waals surface area contributed by atoms with Gasteiger partial charge in [-0.15, -0.1) is 0 Å². The first-order chi connectivity index (χ1) is 10.2. The smallest absolute Gasteiger partial charge is 0.241 e. The number of fused-ring (bicyclic) bond motifs is 1. The number of H-pyrrole nitrogens is 1. The summed E-state index contributed by atoms with van der Waals surface area (Å²) in [4.78, 5) is 19.8. The van der Waals surface area contributed by atoms with E-state index in [9.17, 15) is 4.79 Å². The van der Waals surface area contributed by atoms with Gasteiger partial charge in [0.15, 0.2) is 0 Å². The van der Waals surface area contributed by atoms with E-state index in [4.69, 9.17) is 0 Å². The largest absolute Gasteiger partial charge is 0.347 e. The van der Waals surface area contributed by atoms with Crippen LogP contribution in [0.15, 0.2) is 29.0 Å². The molecule has 2 heterocycles. The Hall–Kier alpha value is -1.66. The molecule has 0 spiro atoms. The Morgan fingerprint density at radius 1 is 1.52 bits per heavy atom. The highest BCUT2D eigenvalue weighted by Crippen LogP contribution is 2.22. The van der Waals surface area contributed by atoms with Crippen molar-refractivity contribution in [3.63, 3.8) is 0 Å². The molecule has 3 N–H and O–H groups in total. The number of benzene rings is 1. The van der Waals surface area contributed by atoms with E-state index in [0.29, 0.717) is 13.0 Å². The minimum Gasteiger partial charge on any atom is -0.347 e. The highest BCUT2D eigenvalue weighted by atomic mass is 79.9. The molecule has 3 rings (SSSR count). The Kier molecular flexibility index (Phi) is 4.07. The van der Waals surface area contributed by atoms with E-state index in [2.05, 4.69) is 43.5 Å². The number of amides is 1. The zero-order valence-corrected chi connectivity index (χ0v) is 13.3. The maximum absolute atomic E-state index is 12.4. The van der Waals surface area contributed by atoms with Crippen LogP contribution in [0.25, 0.3) is 0 Å². The Labute approximate surface area is 131 Å². The summed E-state index contributed by atoms with van der Waals surface area (Å²) in [6.45, 7) is 2.72. The second kappa shape index (κ2) is 5.99. The van der Waals surface area contributed by atoms with Crippen LogP contribution in [0, 0.1) is 0 Å². The molecule has 5 nitrogen and oxygen atoms in total. The van der Waals surface area contributed by atoms with Crippen LogP contribution >= 0.6 is 15.9 Å². The maximum Gasteiger partial charge on any atom is 0.241 e. The molecule has 21 heavy (non-hydrogen) atoms. The molecular weight excluding hydrogens is 332 g/mol. The SMILES string of the molecule is CCc1cc(Br)ccc1NC(=O)C1Cc2nc[nH]c2CN1. The van der Waals surface area contributed by atoms with E-state index < -0.39 is 0 Å². The number of carbonyl (C=O) groups is 1. The molecule has 0 saturated heterocycles. The second-order valence-electron chi connectivity index (χ2n) is 5.11. The third-order valence-electron chi connectivity index (χ3n) is 3.75. The van der Waals surface area contributed by atoms with Gasteiger partial charge in [-0.1, -0.05) is 22.9 Å². The van der Waals surface area contributed by atoms with Gasteiger partial charge in [-0.25, -0.2) is 4.98 Å². The maximum atomic E-state index is 12.4. The Morgan fingerprint density at radius 2 is 2.38 bits per heavy atom. The van der Waals surface area contributed by atoms with Gasteiger partial charge in [0.25, 0.3) is 0 Å². The molecule has 0 saturated carbocycles. The molecule has 0 radical (unpaired) electrons. The molecule has 2 aromatic rings. The van der Waals surface area contributed by atoms with Crippen molar-refractivity contribution in [2.45, 2.75) is 32.4 Å². The fraction of sp³-hybridized carbons (Fsp3) is 0.333. The van der Waals surface area contributed by atoms with E-state index in [-0.39, 0.29) is 11.9 Å². The van der Waals surface area contributed by atoms with Crippen LogP contribution in [0.5, 0.6) is 0 Å². The predicted octanol–water partition coefficient (Wildman–Crippen LogP) is 2.39. The number of imidazole rings is 1. The van der Waals surface area contributed by atoms with Crippen LogP contribution in [0.4, 0.5) is 5.69 Å². The molecule has 1 amide bonds. The number of anilines is 1. The van der Waals surface area contributed by atoms with Gasteiger partial charge in [-0.05, 0) is 30.2 Å². The fourth-order valence-corrected chi connectivity index (χ4v) is 2.96. The van der Waals surface area contributed by atoms with Crippen LogP contribution < -0.4 is 10.6 Å². The van der Waals surface area contributed by atoms with E-state index in [1.165, 1.54) is 0 Å². The van der Waals surface area contributed by atoms with Crippen molar-refractivity contribution in [2.24, 2.45) is 0 Å². The monoisotopic (exact) mass is 348 g/mol. The molecule has 1 aromatic carbocycles. The van der Waals surface area contributed by atoms with Gasteiger partial charge < -0.3 is 10.3 Å². The summed E-state index contributed by atoms with van der Waals surface area (Å²) in [7, 11) is 0. The van der Waals surface area contributed by atoms with Crippen molar-refractivity contribution >= 4 is 27.5 Å². The Morgan fingerprint density at radius 3 is 3.19 bits per heavy atom. The van der Waals surface area contributed by atoms with Crippen molar-refractivity contribution in [1.29, 1.82) is 0 Å². The lowest BCUT2D eigenvalue weighted by atomic mass is 10.0. The zero-order chi connectivity index (χ0) is 14.8. The summed E-state index contributed by atoms with van der Waals surface area (Å²) in [5.74, 6) is -0.0133. The minimum absolute atomic E-state index is 0.0133. The molecule has 0 bridgehead atoms. The lowest BCUT2D eigenvalue weighted by molar-refractivity contribution is -0.118. The summed E-state index contributed by atoms with van der Waals surface area (Å²) >= 11 is 3.46. The fourth-order valence-electron chi connectivity index (χ4n) is 2.55. The lowest BCUT2D eigenvalue weighted by Crippen LogP contribution is -2.44. The van der Waals surface area contributed by atoms with E-state index >= 15 is 0 Å². The number of hydrogen-bond acceptors (Lipinski definition) is 3. The number of aromatic nitrogens is 2. The van der Waals surface area contributed by atoms with E-state index in [1.807, 2.05) is 18.2 Å². The highest BCUT2D eigenvalue weighted by molar-refractivity contribution is 9.10. The Balaban J connectivity index is 1.73. The first-order valence-corrected chi connectivity index (χ1v) is 7.80. The molecule has 1 aliphatic rings. The molecule has 110 valence electrons. The number of nitrogens with zero attached hydrogens (tertiary/aromatic N) is 1. The minimum atomic E-state index is -0.242. The predicted molar refractivity (Wildman–Crippen MR) is 85.1 cm³/mol. The summed E-state index contributed by atoms with van der Waals surface area (Å²) < 4.78 is 1.02. The summed E-state index contributed by atoms with van der Waals surface area (Å²) in [6.07, 6.45) is 3.16. The van der Waals surface area contributed by atoms with Crippen LogP contribution in [-0.4, -0.2) is 21.9 Å². The Bertz CT molecular complexity index is 667. The van der Waals surface area contributed by atoms with Crippen LogP contribution in [0.1, 0.15) is 23.9 Å². The van der Waals surface area contributed by atoms with Crippen LogP contribution in [0.2, 0.25) is 0 Å². The van der Waals surface area contributed by atoms with Crippen LogP contribution in [-0.2, 0) is 24.2 Å². The normalized spacial score (nSPS) is 17.3. The second-order valence-corrected chi connectivity index (χ2v) is 6.03. The van der Waals surface area contributed by atoms with E-state index in [1.54, 1.807) is 6.33 Å². The average molecular weight is 349 g/mol. The zero-order valence-electron chi connectivity index (χ0n) is 11.7. The van der Waals surface area contributed by atoms with Gasteiger partial charge in [-0.3, -0.25) is 10.1 Å². The van der Waals surface area contributed by atoms with Crippen molar-refractivity contribution in [3.8, 4) is 0 Å². The molecule has 0 aliphatic carbocycles. The summed E-state index contributed by atoms with van der Waals surface area (Å²) in [5, 5.41) is 6.26. The van der Waals surface area contributed by atoms with Gasteiger partial charge in [0.2, 0.25) is 5.91 Å². The van der Waals surface area contributed by atoms with Crippen molar-refractivity contribution in [1.82, 2.24) is 15.3 Å². The van der Waals surface area contributed by atoms with Crippen molar-refractivity contribution in [2.75, 3.05) is 5.32 Å². The molecule has 0 fully saturated rings. The van der Waals surface area contributed by atoms with E-state index in [0.717, 1.165) is 33.5 Å². The quantitative estimate of drug-likeness (QED) is 0.797. The standard InChI is InChI=1S/C15H17BrN4O/c1-2-9-5-10(16)3-4-11(9)20-15(21)13-6-12-14(7-17-13)19-8-18-12/h3-5,8,13,17H,2,6-7H2,1H3,(H,18,19)(H,20,21). The van der Waals surface area contributed by atoms with Crippen molar-refractivity contribution in [3.05, 3.63) is 46.0 Å².